The van der Waals surface area contributed by atoms with Crippen LogP contribution < -0.4 is 0 Å². The molecule has 1 N–H and O–H groups in total. The number of nitrogens with zero attached hydrogens (tertiary/aromatic N) is 2. The van der Waals surface area contributed by atoms with E-state index in [1.165, 1.54) is 0 Å². The summed E-state index contributed by atoms with van der Waals surface area (Å²) in [6, 6.07) is 0. The highest BCUT2D eigenvalue weighted by Crippen LogP contribution is 2.40. The first-order valence-electron chi connectivity index (χ1n) is 6.80. The lowest BCUT2D eigenvalue weighted by atomic mass is 10.0. The summed E-state index contributed by atoms with van der Waals surface area (Å²) in [5.41, 5.74) is -0.355. The molecule has 1 atom stereocenters. The van der Waals surface area contributed by atoms with E-state index >= 15 is 0 Å². The Hall–Kier alpha value is -0.940. The van der Waals surface area contributed by atoms with Gasteiger partial charge >= 0.3 is 0 Å². The second kappa shape index (κ2) is 4.63. The number of hydrogen-bond acceptors (Lipinski definition) is 5. The standard InChI is InChI=1S/C13H20N2O3/c1-17-13(6-2-3-7-13)12-14-11(18-15-12)8-10(16)9-4-5-9/h9-10,16H,2-8H2,1H3. The molecule has 0 radical (unpaired) electrons. The van der Waals surface area contributed by atoms with Gasteiger partial charge in [0.2, 0.25) is 11.7 Å². The first-order chi connectivity index (χ1) is 8.73. The fraction of sp³-hybridized carbons (Fsp3) is 0.846. The van der Waals surface area contributed by atoms with Gasteiger partial charge in [0.25, 0.3) is 0 Å². The number of hydrogen-bond donors (Lipinski definition) is 1. The van der Waals surface area contributed by atoms with Crippen LogP contribution in [0.1, 0.15) is 50.2 Å². The monoisotopic (exact) mass is 252 g/mol. The Balaban J connectivity index is 1.71. The first kappa shape index (κ1) is 12.1. The van der Waals surface area contributed by atoms with E-state index in [1.807, 2.05) is 0 Å². The highest BCUT2D eigenvalue weighted by Gasteiger charge is 2.40. The van der Waals surface area contributed by atoms with Gasteiger partial charge in [-0.05, 0) is 44.4 Å². The third kappa shape index (κ3) is 2.17. The highest BCUT2D eigenvalue weighted by atomic mass is 16.5. The summed E-state index contributed by atoms with van der Waals surface area (Å²) in [7, 11) is 1.71. The van der Waals surface area contributed by atoms with Gasteiger partial charge in [0, 0.05) is 7.11 Å². The molecule has 0 bridgehead atoms. The van der Waals surface area contributed by atoms with Crippen LogP contribution in [0.25, 0.3) is 0 Å². The molecule has 1 aromatic heterocycles. The van der Waals surface area contributed by atoms with E-state index < -0.39 is 0 Å². The van der Waals surface area contributed by atoms with E-state index in [9.17, 15) is 5.11 Å². The van der Waals surface area contributed by atoms with Gasteiger partial charge in [-0.15, -0.1) is 0 Å². The van der Waals surface area contributed by atoms with Crippen LogP contribution in [0.5, 0.6) is 0 Å². The van der Waals surface area contributed by atoms with Crippen LogP contribution in [-0.4, -0.2) is 28.5 Å². The molecule has 0 saturated heterocycles. The Bertz CT molecular complexity index is 408. The summed E-state index contributed by atoms with van der Waals surface area (Å²) < 4.78 is 10.9. The number of methoxy groups -OCH3 is 1. The topological polar surface area (TPSA) is 68.4 Å². The lowest BCUT2D eigenvalue weighted by Gasteiger charge is -2.22. The van der Waals surface area contributed by atoms with Crippen LogP contribution in [0.4, 0.5) is 0 Å². The SMILES string of the molecule is COC1(c2noc(CC(O)C3CC3)n2)CCCC1. The van der Waals surface area contributed by atoms with Gasteiger partial charge in [0.15, 0.2) is 0 Å². The number of aliphatic hydroxyl groups excluding tert-OH is 1. The summed E-state index contributed by atoms with van der Waals surface area (Å²) in [6.45, 7) is 0. The van der Waals surface area contributed by atoms with Gasteiger partial charge < -0.3 is 14.4 Å². The van der Waals surface area contributed by atoms with Crippen LogP contribution >= 0.6 is 0 Å². The Morgan fingerprint density at radius 2 is 2.17 bits per heavy atom. The normalized spacial score (nSPS) is 24.3. The van der Waals surface area contributed by atoms with Crippen molar-refractivity contribution in [1.29, 1.82) is 0 Å². The minimum atomic E-state index is -0.355. The molecule has 2 saturated carbocycles. The fourth-order valence-electron chi connectivity index (χ4n) is 2.81. The molecule has 5 nitrogen and oxygen atoms in total. The maximum absolute atomic E-state index is 9.88. The average molecular weight is 252 g/mol. The van der Waals surface area contributed by atoms with E-state index in [4.69, 9.17) is 9.26 Å². The number of aromatic nitrogens is 2. The minimum Gasteiger partial charge on any atom is -0.392 e. The van der Waals surface area contributed by atoms with E-state index in [-0.39, 0.29) is 11.7 Å². The van der Waals surface area contributed by atoms with Gasteiger partial charge in [-0.25, -0.2) is 0 Å². The van der Waals surface area contributed by atoms with Crippen LogP contribution in [0.3, 0.4) is 0 Å². The third-order valence-corrected chi connectivity index (χ3v) is 4.23. The maximum Gasteiger partial charge on any atom is 0.229 e. The van der Waals surface area contributed by atoms with Crippen molar-refractivity contribution in [2.75, 3.05) is 7.11 Å². The van der Waals surface area contributed by atoms with Crippen LogP contribution in [0, 0.1) is 5.92 Å². The van der Waals surface area contributed by atoms with Crippen molar-refractivity contribution < 1.29 is 14.4 Å². The third-order valence-electron chi connectivity index (χ3n) is 4.23. The van der Waals surface area contributed by atoms with Crippen molar-refractivity contribution in [3.05, 3.63) is 11.7 Å². The summed E-state index contributed by atoms with van der Waals surface area (Å²) in [5.74, 6) is 1.62. The number of rotatable bonds is 5. The summed E-state index contributed by atoms with van der Waals surface area (Å²) in [6.07, 6.45) is 6.55. The van der Waals surface area contributed by atoms with Crippen molar-refractivity contribution in [1.82, 2.24) is 10.1 Å². The first-order valence-corrected chi connectivity index (χ1v) is 6.80. The molecule has 0 spiro atoms. The second-order valence-corrected chi connectivity index (χ2v) is 5.53. The lowest BCUT2D eigenvalue weighted by molar-refractivity contribution is -0.0178. The molecule has 5 heteroatoms. The number of aliphatic hydroxyl groups is 1. The van der Waals surface area contributed by atoms with E-state index in [0.717, 1.165) is 38.5 Å². The van der Waals surface area contributed by atoms with Gasteiger partial charge in [-0.3, -0.25) is 0 Å². The van der Waals surface area contributed by atoms with Crippen LogP contribution in [0.2, 0.25) is 0 Å². The molecule has 1 aromatic rings. The molecule has 100 valence electrons. The Morgan fingerprint density at radius 3 is 2.78 bits per heavy atom. The smallest absolute Gasteiger partial charge is 0.229 e. The second-order valence-electron chi connectivity index (χ2n) is 5.53. The minimum absolute atomic E-state index is 0.333. The molecule has 18 heavy (non-hydrogen) atoms. The summed E-state index contributed by atoms with van der Waals surface area (Å²) in [4.78, 5) is 4.42. The Kier molecular flexibility index (Phi) is 3.11. The molecule has 0 aromatic carbocycles. The number of ether oxygens (including phenoxy) is 1. The van der Waals surface area contributed by atoms with Crippen molar-refractivity contribution in [3.63, 3.8) is 0 Å². The molecular formula is C13H20N2O3. The van der Waals surface area contributed by atoms with Gasteiger partial charge in [0.1, 0.15) is 5.60 Å². The van der Waals surface area contributed by atoms with E-state index in [2.05, 4.69) is 10.1 Å². The van der Waals surface area contributed by atoms with Gasteiger partial charge in [0.05, 0.1) is 12.5 Å². The Morgan fingerprint density at radius 1 is 1.44 bits per heavy atom. The highest BCUT2D eigenvalue weighted by molar-refractivity contribution is 5.05. The van der Waals surface area contributed by atoms with Gasteiger partial charge in [-0.2, -0.15) is 4.98 Å². The summed E-state index contributed by atoms with van der Waals surface area (Å²) in [5, 5.41) is 13.9. The molecule has 0 amide bonds. The molecule has 1 heterocycles. The van der Waals surface area contributed by atoms with E-state index in [0.29, 0.717) is 24.1 Å². The zero-order valence-electron chi connectivity index (χ0n) is 10.8. The van der Waals surface area contributed by atoms with Crippen LogP contribution in [0.15, 0.2) is 4.52 Å². The zero-order chi connectivity index (χ0) is 12.6. The van der Waals surface area contributed by atoms with E-state index in [1.54, 1.807) is 7.11 Å². The van der Waals surface area contributed by atoms with Crippen molar-refractivity contribution in [2.24, 2.45) is 5.92 Å². The molecular weight excluding hydrogens is 232 g/mol. The van der Waals surface area contributed by atoms with Crippen molar-refractivity contribution >= 4 is 0 Å². The fourth-order valence-corrected chi connectivity index (χ4v) is 2.81. The predicted molar refractivity (Wildman–Crippen MR) is 63.9 cm³/mol. The van der Waals surface area contributed by atoms with Crippen molar-refractivity contribution in [2.45, 2.75) is 56.7 Å². The lowest BCUT2D eigenvalue weighted by Crippen LogP contribution is -2.26. The molecule has 3 rings (SSSR count). The largest absolute Gasteiger partial charge is 0.392 e. The summed E-state index contributed by atoms with van der Waals surface area (Å²) >= 11 is 0. The molecule has 0 aliphatic heterocycles. The average Bonchev–Trinajstić information content (AvgIpc) is 2.94. The maximum atomic E-state index is 9.88. The molecule has 2 aliphatic rings. The van der Waals surface area contributed by atoms with Crippen molar-refractivity contribution in [3.8, 4) is 0 Å². The molecule has 2 aliphatic carbocycles. The Labute approximate surface area is 107 Å². The van der Waals surface area contributed by atoms with Crippen LogP contribution in [-0.2, 0) is 16.8 Å². The van der Waals surface area contributed by atoms with Gasteiger partial charge in [-0.1, -0.05) is 5.16 Å². The zero-order valence-corrected chi connectivity index (χ0v) is 10.8. The quantitative estimate of drug-likeness (QED) is 0.865. The predicted octanol–water partition coefficient (Wildman–Crippen LogP) is 1.80. The molecule has 2 fully saturated rings. The molecule has 1 unspecified atom stereocenters.